The molecule has 0 spiro atoms. The maximum absolute atomic E-state index is 12.5. The van der Waals surface area contributed by atoms with Crippen molar-refractivity contribution >= 4 is 28.9 Å². The van der Waals surface area contributed by atoms with Crippen LogP contribution in [0.2, 0.25) is 0 Å². The summed E-state index contributed by atoms with van der Waals surface area (Å²) in [6.07, 6.45) is 3.59. The number of aliphatic imine (C=N–C) groups is 1. The van der Waals surface area contributed by atoms with Gasteiger partial charge in [-0.1, -0.05) is 0 Å². The Labute approximate surface area is 145 Å². The van der Waals surface area contributed by atoms with Gasteiger partial charge in [0.2, 0.25) is 5.91 Å². The summed E-state index contributed by atoms with van der Waals surface area (Å²) in [6.45, 7) is 5.14. The van der Waals surface area contributed by atoms with Crippen LogP contribution in [0.3, 0.4) is 0 Å². The molecule has 128 valence electrons. The molecule has 2 aromatic heterocycles. The van der Waals surface area contributed by atoms with Gasteiger partial charge in [0.05, 0.1) is 18.4 Å². The second kappa shape index (κ2) is 7.48. The number of hydrogen-bond donors (Lipinski definition) is 1. The van der Waals surface area contributed by atoms with Gasteiger partial charge in [-0.3, -0.25) is 9.48 Å². The van der Waals surface area contributed by atoms with Crippen molar-refractivity contribution in [1.29, 1.82) is 0 Å². The Morgan fingerprint density at radius 3 is 2.96 bits per heavy atom. The minimum Gasteiger partial charge on any atom is -0.356 e. The highest BCUT2D eigenvalue weighted by Crippen LogP contribution is 2.16. The first-order chi connectivity index (χ1) is 11.7. The second-order valence-corrected chi connectivity index (χ2v) is 6.42. The van der Waals surface area contributed by atoms with Gasteiger partial charge in [0.15, 0.2) is 5.96 Å². The van der Waals surface area contributed by atoms with Crippen molar-refractivity contribution in [2.45, 2.75) is 13.5 Å². The van der Waals surface area contributed by atoms with Gasteiger partial charge in [0.1, 0.15) is 6.54 Å². The lowest BCUT2D eigenvalue weighted by atomic mass is 10.3. The highest BCUT2D eigenvalue weighted by atomic mass is 32.1. The summed E-state index contributed by atoms with van der Waals surface area (Å²) < 4.78 is 1.71. The van der Waals surface area contributed by atoms with Gasteiger partial charge in [-0.15, -0.1) is 0 Å². The zero-order valence-electron chi connectivity index (χ0n) is 14.0. The molecule has 1 fully saturated rings. The Hall–Kier alpha value is -2.35. The number of carbonyl (C=O) groups excluding carboxylic acids is 1. The molecule has 1 aliphatic heterocycles. The molecule has 1 N–H and O–H groups in total. The fourth-order valence-corrected chi connectivity index (χ4v) is 3.31. The topological polar surface area (TPSA) is 65.8 Å². The monoisotopic (exact) mass is 346 g/mol. The van der Waals surface area contributed by atoms with Crippen LogP contribution in [0, 0.1) is 0 Å². The molecule has 0 unspecified atom stereocenters. The third kappa shape index (κ3) is 3.76. The lowest BCUT2D eigenvalue weighted by Crippen LogP contribution is -2.55. The van der Waals surface area contributed by atoms with Crippen LogP contribution in [0.15, 0.2) is 34.2 Å². The summed E-state index contributed by atoms with van der Waals surface area (Å²) in [4.78, 5) is 21.0. The molecular weight excluding hydrogens is 324 g/mol. The molecule has 8 heteroatoms. The molecule has 3 heterocycles. The third-order valence-corrected chi connectivity index (χ3v) is 4.58. The van der Waals surface area contributed by atoms with Crippen molar-refractivity contribution in [3.63, 3.8) is 0 Å². The van der Waals surface area contributed by atoms with Gasteiger partial charge in [0, 0.05) is 32.9 Å². The number of nitrogens with one attached hydrogen (secondary N) is 1. The van der Waals surface area contributed by atoms with E-state index in [1.54, 1.807) is 27.1 Å². The second-order valence-electron chi connectivity index (χ2n) is 5.64. The number of hydrogen-bond acceptors (Lipinski definition) is 4. The Bertz CT molecular complexity index is 708. The van der Waals surface area contributed by atoms with E-state index >= 15 is 0 Å². The summed E-state index contributed by atoms with van der Waals surface area (Å²) >= 11 is 1.67. The Morgan fingerprint density at radius 2 is 2.33 bits per heavy atom. The number of piperazine rings is 1. The zero-order valence-corrected chi connectivity index (χ0v) is 14.8. The van der Waals surface area contributed by atoms with Crippen molar-refractivity contribution in [3.8, 4) is 0 Å². The first-order valence-corrected chi connectivity index (χ1v) is 8.95. The molecule has 0 aliphatic carbocycles. The number of nitrogens with zero attached hydrogens (tertiary/aromatic N) is 5. The molecule has 0 bridgehead atoms. The Kier molecular flexibility index (Phi) is 5.14. The van der Waals surface area contributed by atoms with E-state index in [1.807, 2.05) is 30.4 Å². The smallest absolute Gasteiger partial charge is 0.246 e. The third-order valence-electron chi connectivity index (χ3n) is 3.85. The largest absolute Gasteiger partial charge is 0.356 e. The lowest BCUT2D eigenvalue weighted by Gasteiger charge is -2.35. The molecule has 2 aromatic rings. The fraction of sp³-hybridized carbons (Fsp3) is 0.438. The highest BCUT2D eigenvalue weighted by molar-refractivity contribution is 7.07. The minimum atomic E-state index is 0.0652. The van der Waals surface area contributed by atoms with E-state index in [4.69, 9.17) is 0 Å². The van der Waals surface area contributed by atoms with Crippen LogP contribution in [0.4, 0.5) is 5.69 Å². The highest BCUT2D eigenvalue weighted by Gasteiger charge is 2.27. The maximum Gasteiger partial charge on any atom is 0.246 e. The SMILES string of the molecule is CCNC(=NCc1ccsc1)N1CCN(c2cnn(C)c2)C(=O)C1. The molecule has 3 rings (SSSR count). The van der Waals surface area contributed by atoms with Gasteiger partial charge in [-0.25, -0.2) is 4.99 Å². The summed E-state index contributed by atoms with van der Waals surface area (Å²) in [7, 11) is 1.85. The van der Waals surface area contributed by atoms with E-state index in [1.165, 1.54) is 5.56 Å². The van der Waals surface area contributed by atoms with Gasteiger partial charge in [-0.05, 0) is 29.3 Å². The summed E-state index contributed by atoms with van der Waals surface area (Å²) in [6, 6.07) is 2.07. The molecule has 0 aromatic carbocycles. The Balaban J connectivity index is 1.67. The van der Waals surface area contributed by atoms with Crippen LogP contribution < -0.4 is 10.2 Å². The van der Waals surface area contributed by atoms with Gasteiger partial charge < -0.3 is 15.1 Å². The summed E-state index contributed by atoms with van der Waals surface area (Å²) in [5, 5.41) is 11.6. The first-order valence-electron chi connectivity index (χ1n) is 8.00. The van der Waals surface area contributed by atoms with Crippen molar-refractivity contribution in [2.75, 3.05) is 31.1 Å². The van der Waals surface area contributed by atoms with Gasteiger partial charge >= 0.3 is 0 Å². The number of aromatic nitrogens is 2. The molecule has 0 radical (unpaired) electrons. The lowest BCUT2D eigenvalue weighted by molar-refractivity contribution is -0.120. The van der Waals surface area contributed by atoms with E-state index in [-0.39, 0.29) is 5.91 Å². The van der Waals surface area contributed by atoms with Crippen molar-refractivity contribution in [2.24, 2.45) is 12.0 Å². The maximum atomic E-state index is 12.5. The molecule has 1 saturated heterocycles. The van der Waals surface area contributed by atoms with Crippen LogP contribution in [0.1, 0.15) is 12.5 Å². The quantitative estimate of drug-likeness (QED) is 0.669. The van der Waals surface area contributed by atoms with Crippen LogP contribution in [0.5, 0.6) is 0 Å². The number of guanidine groups is 1. The molecule has 0 atom stereocenters. The van der Waals surface area contributed by atoms with Crippen molar-refractivity contribution in [3.05, 3.63) is 34.8 Å². The number of rotatable bonds is 4. The Morgan fingerprint density at radius 1 is 1.46 bits per heavy atom. The average Bonchev–Trinajstić information content (AvgIpc) is 3.23. The van der Waals surface area contributed by atoms with E-state index < -0.39 is 0 Å². The summed E-state index contributed by atoms with van der Waals surface area (Å²) in [5.41, 5.74) is 2.04. The van der Waals surface area contributed by atoms with E-state index in [0.29, 0.717) is 19.6 Å². The number of amides is 1. The minimum absolute atomic E-state index is 0.0652. The molecule has 7 nitrogen and oxygen atoms in total. The number of thiophene rings is 1. The average molecular weight is 346 g/mol. The van der Waals surface area contributed by atoms with Gasteiger partial charge in [-0.2, -0.15) is 16.4 Å². The molecule has 1 amide bonds. The van der Waals surface area contributed by atoms with Crippen molar-refractivity contribution < 1.29 is 4.79 Å². The molecule has 24 heavy (non-hydrogen) atoms. The summed E-state index contributed by atoms with van der Waals surface area (Å²) in [5.74, 6) is 0.860. The fourth-order valence-electron chi connectivity index (χ4n) is 2.65. The van der Waals surface area contributed by atoms with Crippen LogP contribution in [-0.2, 0) is 18.4 Å². The first kappa shape index (κ1) is 16.5. The van der Waals surface area contributed by atoms with E-state index in [2.05, 4.69) is 26.9 Å². The van der Waals surface area contributed by atoms with Crippen LogP contribution in [0.25, 0.3) is 0 Å². The normalized spacial score (nSPS) is 15.9. The zero-order chi connectivity index (χ0) is 16.9. The van der Waals surface area contributed by atoms with Crippen LogP contribution >= 0.6 is 11.3 Å². The van der Waals surface area contributed by atoms with E-state index in [0.717, 1.165) is 24.7 Å². The predicted molar refractivity (Wildman–Crippen MR) is 96.3 cm³/mol. The molecule has 0 saturated carbocycles. The van der Waals surface area contributed by atoms with Crippen molar-refractivity contribution in [1.82, 2.24) is 20.0 Å². The number of carbonyl (C=O) groups is 1. The standard InChI is InChI=1S/C16H22N6OS/c1-3-17-16(18-8-13-4-7-24-12-13)21-5-6-22(15(23)11-21)14-9-19-20(2)10-14/h4,7,9-10,12H,3,5-6,8,11H2,1-2H3,(H,17,18). The van der Waals surface area contributed by atoms with E-state index in [9.17, 15) is 4.79 Å². The molecular formula is C16H22N6OS. The number of aryl methyl sites for hydroxylation is 1. The van der Waals surface area contributed by atoms with Gasteiger partial charge in [0.25, 0.3) is 0 Å². The predicted octanol–water partition coefficient (Wildman–Crippen LogP) is 1.30. The number of anilines is 1. The molecule has 1 aliphatic rings. The van der Waals surface area contributed by atoms with Crippen LogP contribution in [-0.4, -0.2) is 52.7 Å².